The number of benzene rings is 1. The van der Waals surface area contributed by atoms with Gasteiger partial charge in [0.1, 0.15) is 6.61 Å². The van der Waals surface area contributed by atoms with Gasteiger partial charge in [0.05, 0.1) is 18.2 Å². The summed E-state index contributed by atoms with van der Waals surface area (Å²) in [4.78, 5) is 28.8. The minimum atomic E-state index is -1.15. The summed E-state index contributed by atoms with van der Waals surface area (Å²) in [6.45, 7) is 2.52. The Morgan fingerprint density at radius 2 is 2.04 bits per heavy atom. The molecule has 0 fully saturated rings. The van der Waals surface area contributed by atoms with E-state index in [1.807, 2.05) is 37.3 Å². The van der Waals surface area contributed by atoms with Gasteiger partial charge in [-0.2, -0.15) is 0 Å². The van der Waals surface area contributed by atoms with Gasteiger partial charge in [0.25, 0.3) is 0 Å². The molecule has 1 amide bonds. The molecule has 7 nitrogen and oxygen atoms in total. The highest BCUT2D eigenvalue weighted by Crippen LogP contribution is 2.21. The topological polar surface area (TPSA) is 84.7 Å². The molecule has 1 N–H and O–H groups in total. The number of carboxylic acid groups (broad SMARTS) is 1. The van der Waals surface area contributed by atoms with E-state index in [4.69, 9.17) is 4.74 Å². The molecule has 7 heteroatoms. The van der Waals surface area contributed by atoms with Crippen molar-refractivity contribution in [3.05, 3.63) is 54.1 Å². The molecule has 0 saturated heterocycles. The van der Waals surface area contributed by atoms with Crippen LogP contribution in [0.4, 0.5) is 4.79 Å². The fourth-order valence-electron chi connectivity index (χ4n) is 2.24. The number of hydrogen-bond acceptors (Lipinski definition) is 4. The van der Waals surface area contributed by atoms with Crippen LogP contribution in [0, 0.1) is 0 Å². The fraction of sp³-hybridized carbons (Fsp3) is 0.312. The molecule has 0 aliphatic heterocycles. The van der Waals surface area contributed by atoms with Crippen LogP contribution in [0.25, 0.3) is 0 Å². The van der Waals surface area contributed by atoms with E-state index in [9.17, 15) is 14.7 Å². The average molecular weight is 317 g/mol. The van der Waals surface area contributed by atoms with Crippen LogP contribution in [0.15, 0.2) is 42.9 Å². The molecule has 23 heavy (non-hydrogen) atoms. The van der Waals surface area contributed by atoms with Crippen molar-refractivity contribution in [2.75, 3.05) is 7.05 Å². The number of carbonyl (C=O) groups is 2. The van der Waals surface area contributed by atoms with Crippen LogP contribution in [0.1, 0.15) is 24.2 Å². The van der Waals surface area contributed by atoms with Gasteiger partial charge in [0.15, 0.2) is 6.04 Å². The van der Waals surface area contributed by atoms with Gasteiger partial charge in [0.2, 0.25) is 0 Å². The third-order valence-corrected chi connectivity index (χ3v) is 3.48. The first-order chi connectivity index (χ1) is 11.0. The summed E-state index contributed by atoms with van der Waals surface area (Å²) in [5.74, 6) is -1.14. The summed E-state index contributed by atoms with van der Waals surface area (Å²) < 4.78 is 6.87. The number of carbonyl (C=O) groups excluding carboxylic acids is 1. The Morgan fingerprint density at radius 3 is 2.65 bits per heavy atom. The van der Waals surface area contributed by atoms with E-state index < -0.39 is 18.1 Å². The molecule has 2 rings (SSSR count). The minimum Gasteiger partial charge on any atom is -0.479 e. The monoisotopic (exact) mass is 317 g/mol. The third-order valence-electron chi connectivity index (χ3n) is 3.48. The van der Waals surface area contributed by atoms with Crippen LogP contribution >= 0.6 is 0 Å². The number of rotatable bonds is 6. The number of imidazole rings is 1. The van der Waals surface area contributed by atoms with Crippen molar-refractivity contribution in [2.45, 2.75) is 26.1 Å². The van der Waals surface area contributed by atoms with E-state index in [2.05, 4.69) is 4.98 Å². The average Bonchev–Trinajstić information content (AvgIpc) is 3.01. The summed E-state index contributed by atoms with van der Waals surface area (Å²) in [7, 11) is 1.40. The van der Waals surface area contributed by atoms with Crippen LogP contribution in [-0.2, 0) is 22.7 Å². The van der Waals surface area contributed by atoms with Crippen LogP contribution in [0.3, 0.4) is 0 Å². The lowest BCUT2D eigenvalue weighted by molar-refractivity contribution is -0.142. The number of hydrogen-bond donors (Lipinski definition) is 1. The lowest BCUT2D eigenvalue weighted by atomic mass is 10.2. The van der Waals surface area contributed by atoms with Crippen molar-refractivity contribution < 1.29 is 19.4 Å². The first-order valence-corrected chi connectivity index (χ1v) is 7.21. The van der Waals surface area contributed by atoms with Gasteiger partial charge >= 0.3 is 12.1 Å². The molecule has 1 aromatic carbocycles. The maximum atomic E-state index is 12.2. The minimum absolute atomic E-state index is 0.0867. The molecule has 0 saturated carbocycles. The number of carboxylic acids is 1. The smallest absolute Gasteiger partial charge is 0.410 e. The Kier molecular flexibility index (Phi) is 5.35. The largest absolute Gasteiger partial charge is 0.479 e. The number of ether oxygens (including phenoxy) is 1. The van der Waals surface area contributed by atoms with E-state index in [1.165, 1.54) is 19.6 Å². The summed E-state index contributed by atoms with van der Waals surface area (Å²) in [5.41, 5.74) is 1.26. The summed E-state index contributed by atoms with van der Waals surface area (Å²) in [5, 5.41) is 9.48. The predicted molar refractivity (Wildman–Crippen MR) is 82.7 cm³/mol. The van der Waals surface area contributed by atoms with Gasteiger partial charge in [0, 0.05) is 13.6 Å². The number of likely N-dealkylation sites (N-methyl/N-ethyl adjacent to an activating group) is 1. The number of aryl methyl sites for hydroxylation is 1. The zero-order valence-electron chi connectivity index (χ0n) is 13.0. The van der Waals surface area contributed by atoms with Crippen LogP contribution < -0.4 is 0 Å². The van der Waals surface area contributed by atoms with Crippen molar-refractivity contribution in [1.29, 1.82) is 0 Å². The van der Waals surface area contributed by atoms with Crippen LogP contribution in [-0.4, -0.2) is 38.7 Å². The molecular formula is C16H19N3O4. The fourth-order valence-corrected chi connectivity index (χ4v) is 2.24. The Labute approximate surface area is 134 Å². The molecule has 1 aromatic heterocycles. The molecule has 2 aromatic rings. The van der Waals surface area contributed by atoms with Gasteiger partial charge < -0.3 is 14.4 Å². The highest BCUT2D eigenvalue weighted by atomic mass is 16.6. The van der Waals surface area contributed by atoms with Gasteiger partial charge in [-0.3, -0.25) is 4.90 Å². The summed E-state index contributed by atoms with van der Waals surface area (Å²) in [6.07, 6.45) is 2.28. The van der Waals surface area contributed by atoms with Crippen molar-refractivity contribution in [2.24, 2.45) is 0 Å². The second kappa shape index (κ2) is 7.44. The lowest BCUT2D eigenvalue weighted by Gasteiger charge is -2.24. The van der Waals surface area contributed by atoms with Gasteiger partial charge in [-0.1, -0.05) is 30.3 Å². The summed E-state index contributed by atoms with van der Waals surface area (Å²) >= 11 is 0. The second-order valence-electron chi connectivity index (χ2n) is 5.00. The molecule has 0 radical (unpaired) electrons. The van der Waals surface area contributed by atoms with Crippen molar-refractivity contribution >= 4 is 12.1 Å². The predicted octanol–water partition coefficient (Wildman–Crippen LogP) is 2.30. The standard InChI is InChI=1S/C16H19N3O4/c1-3-19-11-17-9-13(19)14(15(20)21)18(2)16(22)23-10-12-7-5-4-6-8-12/h4-9,11,14H,3,10H2,1-2H3,(H,20,21). The molecule has 1 unspecified atom stereocenters. The first-order valence-electron chi connectivity index (χ1n) is 7.21. The summed E-state index contributed by atoms with van der Waals surface area (Å²) in [6, 6.07) is 8.05. The number of aromatic nitrogens is 2. The van der Waals surface area contributed by atoms with Crippen molar-refractivity contribution in [3.8, 4) is 0 Å². The Bertz CT molecular complexity index is 669. The van der Waals surface area contributed by atoms with E-state index in [1.54, 1.807) is 4.57 Å². The lowest BCUT2D eigenvalue weighted by Crippen LogP contribution is -2.37. The molecule has 0 aliphatic carbocycles. The van der Waals surface area contributed by atoms with E-state index in [0.29, 0.717) is 12.2 Å². The molecule has 0 bridgehead atoms. The van der Waals surface area contributed by atoms with Crippen LogP contribution in [0.2, 0.25) is 0 Å². The number of amides is 1. The zero-order valence-corrected chi connectivity index (χ0v) is 13.0. The number of aliphatic carboxylic acids is 1. The normalized spacial score (nSPS) is 11.7. The second-order valence-corrected chi connectivity index (χ2v) is 5.00. The third kappa shape index (κ3) is 3.88. The maximum absolute atomic E-state index is 12.2. The zero-order chi connectivity index (χ0) is 16.8. The van der Waals surface area contributed by atoms with Gasteiger partial charge in [-0.15, -0.1) is 0 Å². The Morgan fingerprint density at radius 1 is 1.35 bits per heavy atom. The maximum Gasteiger partial charge on any atom is 0.410 e. The highest BCUT2D eigenvalue weighted by molar-refractivity contribution is 5.80. The SMILES string of the molecule is CCn1cncc1C(C(=O)O)N(C)C(=O)OCc1ccccc1. The van der Waals surface area contributed by atoms with E-state index in [0.717, 1.165) is 10.5 Å². The first kappa shape index (κ1) is 16.5. The quantitative estimate of drug-likeness (QED) is 0.883. The number of nitrogens with zero attached hydrogens (tertiary/aromatic N) is 3. The molecule has 1 heterocycles. The van der Waals surface area contributed by atoms with E-state index >= 15 is 0 Å². The Hall–Kier alpha value is -2.83. The molecule has 0 spiro atoms. The molecule has 0 aliphatic rings. The molecule has 122 valence electrons. The van der Waals surface area contributed by atoms with Gasteiger partial charge in [-0.25, -0.2) is 14.6 Å². The molecular weight excluding hydrogens is 298 g/mol. The van der Waals surface area contributed by atoms with E-state index in [-0.39, 0.29) is 6.61 Å². The highest BCUT2D eigenvalue weighted by Gasteiger charge is 2.31. The van der Waals surface area contributed by atoms with Gasteiger partial charge in [-0.05, 0) is 12.5 Å². The van der Waals surface area contributed by atoms with Crippen molar-refractivity contribution in [1.82, 2.24) is 14.5 Å². The van der Waals surface area contributed by atoms with Crippen molar-refractivity contribution in [3.63, 3.8) is 0 Å². The van der Waals surface area contributed by atoms with Crippen LogP contribution in [0.5, 0.6) is 0 Å². The molecule has 1 atom stereocenters. The Balaban J connectivity index is 2.10.